The monoisotopic (exact) mass is 224 g/mol. The van der Waals surface area contributed by atoms with E-state index in [1.54, 1.807) is 33.1 Å². The lowest BCUT2D eigenvalue weighted by molar-refractivity contribution is -0.156. The number of hydrogen-bond donors (Lipinski definition) is 0. The smallest absolute Gasteiger partial charge is 0.349 e. The van der Waals surface area contributed by atoms with E-state index in [1.165, 1.54) is 7.11 Å². The molecule has 0 N–H and O–H groups in total. The van der Waals surface area contributed by atoms with E-state index in [4.69, 9.17) is 9.47 Å². The molecule has 4 heteroatoms. The third-order valence-corrected chi connectivity index (χ3v) is 2.11. The largest absolute Gasteiger partial charge is 0.493 e. The molecule has 0 amide bonds. The van der Waals surface area contributed by atoms with Crippen molar-refractivity contribution in [2.45, 2.75) is 19.4 Å². The van der Waals surface area contributed by atoms with Crippen LogP contribution in [0.4, 0.5) is 0 Å². The highest BCUT2D eigenvalue weighted by Gasteiger charge is 2.31. The second-order valence-electron chi connectivity index (χ2n) is 3.75. The first-order chi connectivity index (χ1) is 7.51. The van der Waals surface area contributed by atoms with E-state index >= 15 is 0 Å². The summed E-state index contributed by atoms with van der Waals surface area (Å²) in [6.07, 6.45) is 0. The Morgan fingerprint density at radius 2 is 1.69 bits per heavy atom. The highest BCUT2D eigenvalue weighted by atomic mass is 16.6. The second kappa shape index (κ2) is 4.88. The summed E-state index contributed by atoms with van der Waals surface area (Å²) in [5.41, 5.74) is -1.04. The molecule has 0 atom stereocenters. The Labute approximate surface area is 95.1 Å². The molecule has 0 spiro atoms. The molecule has 0 fully saturated rings. The number of benzene rings is 1. The van der Waals surface area contributed by atoms with E-state index in [2.05, 4.69) is 4.74 Å². The summed E-state index contributed by atoms with van der Waals surface area (Å²) in [7, 11) is 2.88. The Balaban J connectivity index is 2.91. The van der Waals surface area contributed by atoms with Crippen molar-refractivity contribution in [1.82, 2.24) is 0 Å². The molecule has 0 aliphatic carbocycles. The predicted molar refractivity (Wildman–Crippen MR) is 59.7 cm³/mol. The van der Waals surface area contributed by atoms with Crippen molar-refractivity contribution >= 4 is 5.97 Å². The van der Waals surface area contributed by atoms with Crippen LogP contribution in [0.15, 0.2) is 24.3 Å². The average Bonchev–Trinajstić information content (AvgIpc) is 2.28. The van der Waals surface area contributed by atoms with Crippen LogP contribution >= 0.6 is 0 Å². The number of methoxy groups -OCH3 is 2. The maximum Gasteiger partial charge on any atom is 0.349 e. The summed E-state index contributed by atoms with van der Waals surface area (Å²) < 4.78 is 15.4. The average molecular weight is 224 g/mol. The molecule has 4 nitrogen and oxygen atoms in total. The van der Waals surface area contributed by atoms with Crippen molar-refractivity contribution in [2.75, 3.05) is 14.2 Å². The summed E-state index contributed by atoms with van der Waals surface area (Å²) in [5.74, 6) is 0.665. The number of ether oxygens (including phenoxy) is 3. The normalized spacial score (nSPS) is 10.8. The van der Waals surface area contributed by atoms with Crippen LogP contribution in [-0.4, -0.2) is 25.8 Å². The number of carbonyl (C=O) groups is 1. The predicted octanol–water partition coefficient (Wildman–Crippen LogP) is 2.03. The minimum atomic E-state index is -1.04. The lowest BCUT2D eigenvalue weighted by atomic mass is 10.1. The number of rotatable bonds is 4. The van der Waals surface area contributed by atoms with Gasteiger partial charge in [-0.2, -0.15) is 0 Å². The van der Waals surface area contributed by atoms with Crippen molar-refractivity contribution in [2.24, 2.45) is 0 Å². The standard InChI is InChI=1S/C12H16O4/c1-12(2,11(13)15-4)16-10-8-6-5-7-9(10)14-3/h5-8H,1-4H3. The van der Waals surface area contributed by atoms with Crippen molar-refractivity contribution in [3.63, 3.8) is 0 Å². The molecule has 0 heterocycles. The van der Waals surface area contributed by atoms with E-state index in [0.29, 0.717) is 11.5 Å². The van der Waals surface area contributed by atoms with Crippen LogP contribution in [0.2, 0.25) is 0 Å². The van der Waals surface area contributed by atoms with E-state index in [0.717, 1.165) is 0 Å². The summed E-state index contributed by atoms with van der Waals surface area (Å²) in [4.78, 5) is 11.4. The minimum Gasteiger partial charge on any atom is -0.493 e. The molecule has 0 unspecified atom stereocenters. The van der Waals surface area contributed by atoms with Gasteiger partial charge in [0, 0.05) is 0 Å². The molecular formula is C12H16O4. The van der Waals surface area contributed by atoms with Crippen molar-refractivity contribution in [1.29, 1.82) is 0 Å². The van der Waals surface area contributed by atoms with Gasteiger partial charge in [0.25, 0.3) is 0 Å². The van der Waals surface area contributed by atoms with Crippen LogP contribution < -0.4 is 9.47 Å². The highest BCUT2D eigenvalue weighted by molar-refractivity contribution is 5.79. The van der Waals surface area contributed by atoms with Gasteiger partial charge in [-0.1, -0.05) is 12.1 Å². The van der Waals surface area contributed by atoms with Crippen LogP contribution in [0.5, 0.6) is 11.5 Å². The Morgan fingerprint density at radius 1 is 1.12 bits per heavy atom. The van der Waals surface area contributed by atoms with Crippen molar-refractivity contribution in [3.8, 4) is 11.5 Å². The second-order valence-corrected chi connectivity index (χ2v) is 3.75. The Hall–Kier alpha value is -1.71. The summed E-state index contributed by atoms with van der Waals surface area (Å²) in [5, 5.41) is 0. The summed E-state index contributed by atoms with van der Waals surface area (Å²) >= 11 is 0. The Morgan fingerprint density at radius 3 is 2.19 bits per heavy atom. The van der Waals surface area contributed by atoms with Crippen LogP contribution in [0, 0.1) is 0 Å². The number of para-hydroxylation sites is 2. The SMILES string of the molecule is COC(=O)C(C)(C)Oc1ccccc1OC. The van der Waals surface area contributed by atoms with Gasteiger partial charge >= 0.3 is 5.97 Å². The lowest BCUT2D eigenvalue weighted by Gasteiger charge is -2.24. The molecule has 0 aromatic heterocycles. The molecule has 0 radical (unpaired) electrons. The zero-order valence-electron chi connectivity index (χ0n) is 9.94. The Kier molecular flexibility index (Phi) is 3.77. The first-order valence-electron chi connectivity index (χ1n) is 4.91. The zero-order chi connectivity index (χ0) is 12.2. The lowest BCUT2D eigenvalue weighted by Crippen LogP contribution is -2.39. The molecule has 0 aliphatic rings. The molecule has 1 aromatic carbocycles. The van der Waals surface area contributed by atoms with Crippen LogP contribution in [0.25, 0.3) is 0 Å². The fourth-order valence-electron chi connectivity index (χ4n) is 1.27. The molecule has 1 rings (SSSR count). The first-order valence-corrected chi connectivity index (χ1v) is 4.91. The van der Waals surface area contributed by atoms with E-state index in [1.807, 2.05) is 12.1 Å². The third kappa shape index (κ3) is 2.66. The first kappa shape index (κ1) is 12.4. The van der Waals surface area contributed by atoms with Gasteiger partial charge in [0.15, 0.2) is 17.1 Å². The summed E-state index contributed by atoms with van der Waals surface area (Å²) in [6, 6.07) is 7.15. The van der Waals surface area contributed by atoms with Crippen molar-refractivity contribution in [3.05, 3.63) is 24.3 Å². The topological polar surface area (TPSA) is 44.8 Å². The fraction of sp³-hybridized carbons (Fsp3) is 0.417. The molecule has 88 valence electrons. The molecule has 0 saturated heterocycles. The summed E-state index contributed by atoms with van der Waals surface area (Å²) in [6.45, 7) is 3.29. The van der Waals surface area contributed by atoms with E-state index in [9.17, 15) is 4.79 Å². The maximum atomic E-state index is 11.4. The van der Waals surface area contributed by atoms with Gasteiger partial charge in [-0.25, -0.2) is 4.79 Å². The molecule has 0 aliphatic heterocycles. The van der Waals surface area contributed by atoms with Crippen molar-refractivity contribution < 1.29 is 19.0 Å². The van der Waals surface area contributed by atoms with Gasteiger partial charge in [0.05, 0.1) is 14.2 Å². The molecule has 1 aromatic rings. The quantitative estimate of drug-likeness (QED) is 0.734. The fourth-order valence-corrected chi connectivity index (χ4v) is 1.27. The molecule has 16 heavy (non-hydrogen) atoms. The maximum absolute atomic E-state index is 11.4. The van der Waals surface area contributed by atoms with Gasteiger partial charge in [0.1, 0.15) is 0 Å². The minimum absolute atomic E-state index is 0.432. The van der Waals surface area contributed by atoms with Gasteiger partial charge < -0.3 is 14.2 Å². The van der Waals surface area contributed by atoms with E-state index in [-0.39, 0.29) is 0 Å². The number of carbonyl (C=O) groups excluding carboxylic acids is 1. The van der Waals surface area contributed by atoms with Gasteiger partial charge in [0.2, 0.25) is 0 Å². The molecule has 0 bridgehead atoms. The van der Waals surface area contributed by atoms with Gasteiger partial charge in [-0.05, 0) is 26.0 Å². The Bertz CT molecular complexity index is 371. The van der Waals surface area contributed by atoms with Crippen LogP contribution in [-0.2, 0) is 9.53 Å². The molecule has 0 saturated carbocycles. The van der Waals surface area contributed by atoms with Gasteiger partial charge in [-0.3, -0.25) is 0 Å². The molecular weight excluding hydrogens is 208 g/mol. The zero-order valence-corrected chi connectivity index (χ0v) is 9.94. The highest BCUT2D eigenvalue weighted by Crippen LogP contribution is 2.29. The number of esters is 1. The van der Waals surface area contributed by atoms with E-state index < -0.39 is 11.6 Å². The number of hydrogen-bond acceptors (Lipinski definition) is 4. The van der Waals surface area contributed by atoms with Gasteiger partial charge in [-0.15, -0.1) is 0 Å². The third-order valence-electron chi connectivity index (χ3n) is 2.11. The van der Waals surface area contributed by atoms with Crippen LogP contribution in [0.3, 0.4) is 0 Å². The van der Waals surface area contributed by atoms with Crippen LogP contribution in [0.1, 0.15) is 13.8 Å².